The van der Waals surface area contributed by atoms with Crippen molar-refractivity contribution in [1.29, 1.82) is 0 Å². The molecule has 0 fully saturated rings. The van der Waals surface area contributed by atoms with Crippen LogP contribution in [0, 0.1) is 11.8 Å². The number of hydrogen-bond acceptors (Lipinski definition) is 2. The quantitative estimate of drug-likeness (QED) is 0.486. The third-order valence-corrected chi connectivity index (χ3v) is 1.53. The van der Waals surface area contributed by atoms with Gasteiger partial charge >= 0.3 is 0 Å². The molecular weight excluding hydrogens is 176 g/mol. The summed E-state index contributed by atoms with van der Waals surface area (Å²) in [5.74, 6) is 4.80. The number of aldehydes is 1. The Kier molecular flexibility index (Phi) is 2.73. The predicted molar refractivity (Wildman–Crippen MR) is 46.1 cm³/mol. The van der Waals surface area contributed by atoms with Crippen molar-refractivity contribution in [2.75, 3.05) is 0 Å². The topological polar surface area (TPSA) is 37.3 Å². The lowest BCUT2D eigenvalue weighted by molar-refractivity contribution is -0.103. The summed E-state index contributed by atoms with van der Waals surface area (Å²) < 4.78 is 0. The number of benzene rings is 1. The van der Waals surface area contributed by atoms with Crippen molar-refractivity contribution in [3.05, 3.63) is 28.8 Å². The lowest BCUT2D eigenvalue weighted by Crippen LogP contribution is -1.75. The first-order valence-corrected chi connectivity index (χ1v) is 3.55. The van der Waals surface area contributed by atoms with E-state index in [0.717, 1.165) is 0 Å². The number of aromatic hydroxyl groups is 1. The highest BCUT2D eigenvalue weighted by Crippen LogP contribution is 2.22. The first kappa shape index (κ1) is 8.63. The molecule has 0 bridgehead atoms. The average molecular weight is 181 g/mol. The second-order valence-corrected chi connectivity index (χ2v) is 2.46. The number of halogens is 1. The van der Waals surface area contributed by atoms with E-state index in [9.17, 15) is 4.79 Å². The second-order valence-electron chi connectivity index (χ2n) is 2.05. The lowest BCUT2D eigenvalue weighted by atomic mass is 10.2. The summed E-state index contributed by atoms with van der Waals surface area (Å²) in [5.41, 5.74) is 0.602. The first-order chi connectivity index (χ1) is 5.74. The monoisotopic (exact) mass is 180 g/mol. The molecule has 0 amide bonds. The van der Waals surface area contributed by atoms with E-state index >= 15 is 0 Å². The summed E-state index contributed by atoms with van der Waals surface area (Å²) in [6.07, 6.45) is 0.501. The zero-order valence-electron chi connectivity index (χ0n) is 6.04. The van der Waals surface area contributed by atoms with Crippen molar-refractivity contribution in [2.45, 2.75) is 0 Å². The number of carbonyl (C=O) groups excluding carboxylic acids is 1. The van der Waals surface area contributed by atoms with Gasteiger partial charge in [0.2, 0.25) is 0 Å². The van der Waals surface area contributed by atoms with Gasteiger partial charge in [-0.15, -0.1) is 0 Å². The van der Waals surface area contributed by atoms with Crippen LogP contribution < -0.4 is 0 Å². The molecule has 0 aliphatic rings. The first-order valence-electron chi connectivity index (χ1n) is 3.18. The maximum atomic E-state index is 9.87. The number of phenols is 1. The molecule has 0 unspecified atom stereocenters. The third-order valence-electron chi connectivity index (χ3n) is 1.22. The van der Waals surface area contributed by atoms with E-state index in [1.54, 1.807) is 6.07 Å². The average Bonchev–Trinajstić information content (AvgIpc) is 2.07. The number of rotatable bonds is 0. The fourth-order valence-corrected chi connectivity index (χ4v) is 0.878. The SMILES string of the molecule is O=CC#Cc1ccc(O)c(Cl)c1. The van der Waals surface area contributed by atoms with E-state index in [4.69, 9.17) is 16.7 Å². The molecule has 12 heavy (non-hydrogen) atoms. The Hall–Kier alpha value is -1.46. The van der Waals surface area contributed by atoms with E-state index in [0.29, 0.717) is 11.8 Å². The molecule has 0 radical (unpaired) electrons. The highest BCUT2D eigenvalue weighted by molar-refractivity contribution is 6.32. The molecule has 1 aromatic rings. The molecule has 0 aliphatic heterocycles. The zero-order chi connectivity index (χ0) is 8.97. The molecule has 0 saturated carbocycles. The van der Waals surface area contributed by atoms with Gasteiger partial charge in [-0.25, -0.2) is 0 Å². The fraction of sp³-hybridized carbons (Fsp3) is 0. The molecule has 60 valence electrons. The Morgan fingerprint density at radius 2 is 2.25 bits per heavy atom. The molecule has 0 atom stereocenters. The second kappa shape index (κ2) is 3.80. The van der Waals surface area contributed by atoms with Gasteiger partial charge in [0.05, 0.1) is 5.02 Å². The highest BCUT2D eigenvalue weighted by atomic mass is 35.5. The van der Waals surface area contributed by atoms with Crippen LogP contribution in [-0.2, 0) is 4.79 Å². The normalized spacial score (nSPS) is 8.42. The Morgan fingerprint density at radius 3 is 2.83 bits per heavy atom. The van der Waals surface area contributed by atoms with Crippen molar-refractivity contribution in [3.63, 3.8) is 0 Å². The smallest absolute Gasteiger partial charge is 0.193 e. The van der Waals surface area contributed by atoms with Gasteiger partial charge in [0.1, 0.15) is 5.75 Å². The van der Waals surface area contributed by atoms with Crippen molar-refractivity contribution < 1.29 is 9.90 Å². The maximum absolute atomic E-state index is 9.87. The van der Waals surface area contributed by atoms with E-state index < -0.39 is 0 Å². The minimum absolute atomic E-state index is 0.00770. The highest BCUT2D eigenvalue weighted by Gasteiger charge is 1.96. The van der Waals surface area contributed by atoms with Gasteiger partial charge in [-0.3, -0.25) is 4.79 Å². The molecule has 0 spiro atoms. The Morgan fingerprint density at radius 1 is 1.50 bits per heavy atom. The Labute approximate surface area is 74.8 Å². The van der Waals surface area contributed by atoms with Crippen LogP contribution in [0.4, 0.5) is 0 Å². The van der Waals surface area contributed by atoms with E-state index in [2.05, 4.69) is 11.8 Å². The van der Waals surface area contributed by atoms with Gasteiger partial charge in [0, 0.05) is 5.56 Å². The molecule has 1 N–H and O–H groups in total. The van der Waals surface area contributed by atoms with Crippen LogP contribution in [0.25, 0.3) is 0 Å². The maximum Gasteiger partial charge on any atom is 0.193 e. The molecular formula is C9H5ClO2. The molecule has 0 heterocycles. The fourth-order valence-electron chi connectivity index (χ4n) is 0.697. The van der Waals surface area contributed by atoms with Gasteiger partial charge in [0.25, 0.3) is 0 Å². The van der Waals surface area contributed by atoms with Crippen LogP contribution in [0.1, 0.15) is 5.56 Å². The zero-order valence-corrected chi connectivity index (χ0v) is 6.80. The lowest BCUT2D eigenvalue weighted by Gasteiger charge is -1.94. The molecule has 3 heteroatoms. The van der Waals surface area contributed by atoms with Gasteiger partial charge < -0.3 is 5.11 Å². The van der Waals surface area contributed by atoms with Gasteiger partial charge in [-0.05, 0) is 24.1 Å². The molecule has 0 saturated heterocycles. The predicted octanol–water partition coefficient (Wildman–Crippen LogP) is 1.60. The van der Waals surface area contributed by atoms with Crippen LogP contribution in [0.15, 0.2) is 18.2 Å². The Balaban J connectivity index is 3.04. The summed E-state index contributed by atoms with van der Waals surface area (Å²) in [5, 5.41) is 9.25. The number of phenolic OH excluding ortho intramolecular Hbond substituents is 1. The van der Waals surface area contributed by atoms with Gasteiger partial charge in [0.15, 0.2) is 6.29 Å². The van der Waals surface area contributed by atoms with E-state index in [1.807, 2.05) is 0 Å². The largest absolute Gasteiger partial charge is 0.506 e. The van der Waals surface area contributed by atoms with E-state index in [-0.39, 0.29) is 10.8 Å². The Bertz CT molecular complexity index is 361. The minimum atomic E-state index is 0.00770. The van der Waals surface area contributed by atoms with Crippen LogP contribution >= 0.6 is 11.6 Å². The third kappa shape index (κ3) is 2.01. The molecule has 0 aromatic heterocycles. The molecule has 1 aromatic carbocycles. The number of carbonyl (C=O) groups is 1. The van der Waals surface area contributed by atoms with Crippen LogP contribution in [0.5, 0.6) is 5.75 Å². The molecule has 1 rings (SSSR count). The summed E-state index contributed by atoms with van der Waals surface area (Å²) in [4.78, 5) is 9.87. The van der Waals surface area contributed by atoms with Gasteiger partial charge in [-0.2, -0.15) is 0 Å². The summed E-state index contributed by atoms with van der Waals surface area (Å²) in [6.45, 7) is 0. The minimum Gasteiger partial charge on any atom is -0.506 e. The van der Waals surface area contributed by atoms with Crippen LogP contribution in [0.2, 0.25) is 5.02 Å². The van der Waals surface area contributed by atoms with Crippen molar-refractivity contribution in [3.8, 4) is 17.6 Å². The van der Waals surface area contributed by atoms with Crippen molar-refractivity contribution in [2.24, 2.45) is 0 Å². The van der Waals surface area contributed by atoms with Crippen molar-refractivity contribution >= 4 is 17.9 Å². The van der Waals surface area contributed by atoms with Crippen LogP contribution in [0.3, 0.4) is 0 Å². The summed E-state index contributed by atoms with van der Waals surface area (Å²) >= 11 is 5.59. The molecule has 2 nitrogen and oxygen atoms in total. The van der Waals surface area contributed by atoms with Crippen molar-refractivity contribution in [1.82, 2.24) is 0 Å². The van der Waals surface area contributed by atoms with Gasteiger partial charge in [-0.1, -0.05) is 17.5 Å². The number of hydrogen-bond donors (Lipinski definition) is 1. The molecule has 0 aliphatic carbocycles. The van der Waals surface area contributed by atoms with E-state index in [1.165, 1.54) is 12.1 Å². The van der Waals surface area contributed by atoms with Crippen LogP contribution in [-0.4, -0.2) is 11.4 Å². The summed E-state index contributed by atoms with van der Waals surface area (Å²) in [6, 6.07) is 4.50. The summed E-state index contributed by atoms with van der Waals surface area (Å²) in [7, 11) is 0. The standard InChI is InChI=1S/C9H5ClO2/c10-8-6-7(2-1-5-11)3-4-9(8)12/h3-6,12H.